The minimum absolute atomic E-state index is 0.0521. The van der Waals surface area contributed by atoms with Gasteiger partial charge in [0.1, 0.15) is 5.60 Å². The van der Waals surface area contributed by atoms with Gasteiger partial charge in [0.25, 0.3) is 0 Å². The topological polar surface area (TPSA) is 50.6 Å². The fraction of sp³-hybridized carbons (Fsp3) is 0.765. The van der Waals surface area contributed by atoms with Gasteiger partial charge >= 0.3 is 0 Å². The molecule has 1 aromatic heterocycles. The smallest absolute Gasteiger partial charge is 0.224 e. The molecule has 0 aliphatic carbocycles. The number of ether oxygens (including phenoxy) is 1. The second-order valence-corrected chi connectivity index (χ2v) is 7.22. The van der Waals surface area contributed by atoms with Crippen LogP contribution in [0.3, 0.4) is 0 Å². The van der Waals surface area contributed by atoms with Crippen molar-refractivity contribution in [1.82, 2.24) is 19.6 Å². The minimum Gasteiger partial charge on any atom is -0.370 e. The molecule has 3 saturated heterocycles. The molecule has 1 spiro atoms. The molecule has 0 saturated carbocycles. The minimum atomic E-state index is -0.0521. The van der Waals surface area contributed by atoms with Crippen LogP contribution in [0.5, 0.6) is 0 Å². The summed E-state index contributed by atoms with van der Waals surface area (Å²) in [5.41, 5.74) is -0.0521. The Morgan fingerprint density at radius 3 is 2.83 bits per heavy atom. The Bertz CT molecular complexity index is 533. The largest absolute Gasteiger partial charge is 0.370 e. The molecule has 126 valence electrons. The van der Waals surface area contributed by atoms with Gasteiger partial charge in [-0.2, -0.15) is 5.10 Å². The Hall–Kier alpha value is -1.40. The highest BCUT2D eigenvalue weighted by Crippen LogP contribution is 2.37. The molecule has 1 aromatic rings. The number of aryl methyl sites for hydroxylation is 1. The van der Waals surface area contributed by atoms with E-state index in [0.717, 1.165) is 26.1 Å². The van der Waals surface area contributed by atoms with E-state index in [1.54, 1.807) is 6.20 Å². The van der Waals surface area contributed by atoms with Gasteiger partial charge in [-0.25, -0.2) is 0 Å². The Balaban J connectivity index is 1.23. The van der Waals surface area contributed by atoms with E-state index < -0.39 is 0 Å². The molecule has 6 heteroatoms. The molecule has 0 aromatic carbocycles. The number of likely N-dealkylation sites (tertiary alicyclic amines) is 2. The maximum Gasteiger partial charge on any atom is 0.224 e. The van der Waals surface area contributed by atoms with Crippen LogP contribution in [0.4, 0.5) is 0 Å². The highest BCUT2D eigenvalue weighted by Gasteiger charge is 2.52. The van der Waals surface area contributed by atoms with Crippen LogP contribution in [0.25, 0.3) is 0 Å². The van der Waals surface area contributed by atoms with Crippen molar-refractivity contribution in [3.05, 3.63) is 18.5 Å². The van der Waals surface area contributed by atoms with E-state index in [4.69, 9.17) is 4.74 Å². The SMILES string of the molecule is O=C(CCn1cccn1)N1CC2(CC(N3CCCCC3)CO2)C1. The lowest BCUT2D eigenvalue weighted by Gasteiger charge is -2.47. The number of rotatable bonds is 4. The number of hydrogen-bond acceptors (Lipinski definition) is 4. The quantitative estimate of drug-likeness (QED) is 0.835. The summed E-state index contributed by atoms with van der Waals surface area (Å²) in [7, 11) is 0. The van der Waals surface area contributed by atoms with Gasteiger partial charge in [0.2, 0.25) is 5.91 Å². The summed E-state index contributed by atoms with van der Waals surface area (Å²) >= 11 is 0. The summed E-state index contributed by atoms with van der Waals surface area (Å²) in [6.45, 7) is 5.49. The number of aromatic nitrogens is 2. The normalized spacial score (nSPS) is 27.3. The molecule has 0 radical (unpaired) electrons. The number of hydrogen-bond donors (Lipinski definition) is 0. The average molecular weight is 318 g/mol. The molecular formula is C17H26N4O2. The van der Waals surface area contributed by atoms with Gasteiger partial charge in [-0.15, -0.1) is 0 Å². The Kier molecular flexibility index (Phi) is 4.11. The van der Waals surface area contributed by atoms with Crippen LogP contribution in [0, 0.1) is 0 Å². The van der Waals surface area contributed by atoms with Crippen molar-refractivity contribution in [2.24, 2.45) is 0 Å². The molecule has 23 heavy (non-hydrogen) atoms. The third-order valence-corrected chi connectivity index (χ3v) is 5.52. The van der Waals surface area contributed by atoms with Crippen molar-refractivity contribution in [2.75, 3.05) is 32.8 Å². The predicted molar refractivity (Wildman–Crippen MR) is 85.9 cm³/mol. The van der Waals surface area contributed by atoms with E-state index in [0.29, 0.717) is 19.0 Å². The molecule has 3 aliphatic rings. The maximum atomic E-state index is 12.3. The molecule has 4 rings (SSSR count). The first kappa shape index (κ1) is 15.1. The second-order valence-electron chi connectivity index (χ2n) is 7.22. The zero-order chi connectivity index (χ0) is 15.7. The first-order chi connectivity index (χ1) is 11.2. The summed E-state index contributed by atoms with van der Waals surface area (Å²) in [6.07, 6.45) is 9.27. The first-order valence-corrected chi connectivity index (χ1v) is 8.87. The van der Waals surface area contributed by atoms with Crippen LogP contribution in [-0.4, -0.2) is 69.9 Å². The van der Waals surface area contributed by atoms with Crippen LogP contribution >= 0.6 is 0 Å². The van der Waals surface area contributed by atoms with Gasteiger partial charge in [0.15, 0.2) is 0 Å². The monoisotopic (exact) mass is 318 g/mol. The summed E-state index contributed by atoms with van der Waals surface area (Å²) in [5, 5.41) is 4.14. The molecule has 1 atom stereocenters. The lowest BCUT2D eigenvalue weighted by molar-refractivity contribution is -0.158. The van der Waals surface area contributed by atoms with Crippen LogP contribution < -0.4 is 0 Å². The van der Waals surface area contributed by atoms with Crippen molar-refractivity contribution in [2.45, 2.75) is 50.3 Å². The number of amides is 1. The Labute approximate surface area is 137 Å². The highest BCUT2D eigenvalue weighted by molar-refractivity contribution is 5.77. The number of nitrogens with zero attached hydrogens (tertiary/aromatic N) is 4. The van der Waals surface area contributed by atoms with E-state index in [-0.39, 0.29) is 11.5 Å². The third-order valence-electron chi connectivity index (χ3n) is 5.52. The standard InChI is InChI=1S/C17H26N4O2/c22-16(5-10-21-9-4-6-18-21)20-13-17(14-20)11-15(12-23-17)19-7-2-1-3-8-19/h4,6,9,15H,1-3,5,7-8,10-14H2. The van der Waals surface area contributed by atoms with Gasteiger partial charge in [0.05, 0.1) is 19.7 Å². The summed E-state index contributed by atoms with van der Waals surface area (Å²) < 4.78 is 7.93. The van der Waals surface area contributed by atoms with Crippen LogP contribution in [0.15, 0.2) is 18.5 Å². The van der Waals surface area contributed by atoms with E-state index in [1.807, 2.05) is 21.8 Å². The van der Waals surface area contributed by atoms with Gasteiger partial charge in [0, 0.05) is 31.4 Å². The van der Waals surface area contributed by atoms with Crippen molar-refractivity contribution < 1.29 is 9.53 Å². The molecule has 0 bridgehead atoms. The number of carbonyl (C=O) groups is 1. The van der Waals surface area contributed by atoms with Gasteiger partial charge in [-0.05, 0) is 38.4 Å². The molecule has 1 amide bonds. The Morgan fingerprint density at radius 2 is 2.09 bits per heavy atom. The zero-order valence-corrected chi connectivity index (χ0v) is 13.7. The van der Waals surface area contributed by atoms with E-state index >= 15 is 0 Å². The number of piperidine rings is 1. The fourth-order valence-electron chi connectivity index (χ4n) is 4.19. The zero-order valence-electron chi connectivity index (χ0n) is 13.7. The van der Waals surface area contributed by atoms with Gasteiger partial charge in [-0.3, -0.25) is 14.4 Å². The maximum absolute atomic E-state index is 12.3. The van der Waals surface area contributed by atoms with E-state index in [1.165, 1.54) is 32.4 Å². The first-order valence-electron chi connectivity index (χ1n) is 8.87. The van der Waals surface area contributed by atoms with E-state index in [9.17, 15) is 4.79 Å². The fourth-order valence-corrected chi connectivity index (χ4v) is 4.19. The van der Waals surface area contributed by atoms with Crippen LogP contribution in [0.2, 0.25) is 0 Å². The van der Waals surface area contributed by atoms with E-state index in [2.05, 4.69) is 10.00 Å². The van der Waals surface area contributed by atoms with Crippen molar-refractivity contribution in [1.29, 1.82) is 0 Å². The number of carbonyl (C=O) groups excluding carboxylic acids is 1. The van der Waals surface area contributed by atoms with Crippen LogP contribution in [0.1, 0.15) is 32.1 Å². The summed E-state index contributed by atoms with van der Waals surface area (Å²) in [5.74, 6) is 0.219. The Morgan fingerprint density at radius 1 is 1.26 bits per heavy atom. The predicted octanol–water partition coefficient (Wildman–Crippen LogP) is 1.13. The lowest BCUT2D eigenvalue weighted by Crippen LogP contribution is -2.63. The summed E-state index contributed by atoms with van der Waals surface area (Å²) in [6, 6.07) is 2.45. The van der Waals surface area contributed by atoms with Gasteiger partial charge in [-0.1, -0.05) is 6.42 Å². The highest BCUT2D eigenvalue weighted by atomic mass is 16.5. The molecule has 3 aliphatic heterocycles. The van der Waals surface area contributed by atoms with Gasteiger partial charge < -0.3 is 9.64 Å². The molecule has 6 nitrogen and oxygen atoms in total. The molecule has 4 heterocycles. The molecule has 3 fully saturated rings. The van der Waals surface area contributed by atoms with Crippen molar-refractivity contribution in [3.63, 3.8) is 0 Å². The van der Waals surface area contributed by atoms with Crippen molar-refractivity contribution in [3.8, 4) is 0 Å². The average Bonchev–Trinajstić information content (AvgIpc) is 3.21. The van der Waals surface area contributed by atoms with Crippen molar-refractivity contribution >= 4 is 5.91 Å². The third kappa shape index (κ3) is 3.15. The molecule has 0 N–H and O–H groups in total. The summed E-state index contributed by atoms with van der Waals surface area (Å²) in [4.78, 5) is 16.8. The molecule has 1 unspecified atom stereocenters. The lowest BCUT2D eigenvalue weighted by atomic mass is 9.88. The van der Waals surface area contributed by atoms with Crippen LogP contribution in [-0.2, 0) is 16.1 Å². The second kappa shape index (κ2) is 6.24. The molecular weight excluding hydrogens is 292 g/mol.